The Labute approximate surface area is 188 Å². The molecule has 31 heavy (non-hydrogen) atoms. The quantitative estimate of drug-likeness (QED) is 0.522. The van der Waals surface area contributed by atoms with E-state index in [0.29, 0.717) is 24.1 Å². The summed E-state index contributed by atoms with van der Waals surface area (Å²) in [4.78, 5) is 27.2. The van der Waals surface area contributed by atoms with Crippen LogP contribution in [0, 0.1) is 0 Å². The van der Waals surface area contributed by atoms with Gasteiger partial charge in [0, 0.05) is 25.2 Å². The zero-order valence-electron chi connectivity index (χ0n) is 17.1. The molecule has 4 rings (SSSR count). The number of aromatic nitrogens is 3. The molecule has 1 aromatic carbocycles. The molecule has 3 heterocycles. The third kappa shape index (κ3) is 4.75. The average Bonchev–Trinajstić information content (AvgIpc) is 3.44. The van der Waals surface area contributed by atoms with Crippen LogP contribution < -0.4 is 15.4 Å². The summed E-state index contributed by atoms with van der Waals surface area (Å²) in [6, 6.07) is 9.71. The lowest BCUT2D eigenvalue weighted by atomic mass is 10.0. The van der Waals surface area contributed by atoms with Gasteiger partial charge in [0.05, 0.1) is 17.7 Å². The molecule has 0 atom stereocenters. The molecule has 1 aliphatic heterocycles. The van der Waals surface area contributed by atoms with Crippen LogP contribution in [0.2, 0.25) is 0 Å². The molecule has 0 aliphatic carbocycles. The number of thiophene rings is 1. The van der Waals surface area contributed by atoms with Crippen molar-refractivity contribution in [1.82, 2.24) is 14.8 Å². The Morgan fingerprint density at radius 1 is 1.29 bits per heavy atom. The van der Waals surface area contributed by atoms with Crippen LogP contribution in [0.4, 0.5) is 5.69 Å². The van der Waals surface area contributed by atoms with E-state index in [0.717, 1.165) is 34.7 Å². The van der Waals surface area contributed by atoms with Gasteiger partial charge in [-0.25, -0.2) is 0 Å². The molecule has 162 valence electrons. The van der Waals surface area contributed by atoms with Gasteiger partial charge in [0.15, 0.2) is 11.0 Å². The Hall–Kier alpha value is -2.85. The number of primary amides is 1. The smallest absolute Gasteiger partial charge is 0.237 e. The minimum absolute atomic E-state index is 0.0123. The highest BCUT2D eigenvalue weighted by Gasteiger charge is 2.24. The van der Waals surface area contributed by atoms with Crippen molar-refractivity contribution in [3.05, 3.63) is 41.3 Å². The van der Waals surface area contributed by atoms with Crippen LogP contribution >= 0.6 is 23.1 Å². The van der Waals surface area contributed by atoms with E-state index in [1.165, 1.54) is 11.8 Å². The number of amides is 2. The predicted molar refractivity (Wildman–Crippen MR) is 122 cm³/mol. The van der Waals surface area contributed by atoms with Gasteiger partial charge >= 0.3 is 0 Å². The first kappa shape index (κ1) is 21.4. The lowest BCUT2D eigenvalue weighted by Gasteiger charge is -2.29. The first-order valence-electron chi connectivity index (χ1n) is 9.92. The van der Waals surface area contributed by atoms with Gasteiger partial charge in [-0.2, -0.15) is 0 Å². The molecule has 3 aromatic rings. The molecule has 0 saturated heterocycles. The number of fused-ring (bicyclic) bond motifs is 1. The maximum absolute atomic E-state index is 13.0. The monoisotopic (exact) mass is 457 g/mol. The molecule has 1 aliphatic rings. The molecule has 0 saturated carbocycles. The molecular weight excluding hydrogens is 434 g/mol. The lowest BCUT2D eigenvalue weighted by Crippen LogP contribution is -2.36. The Bertz CT molecular complexity index is 1080. The second-order valence-corrected chi connectivity index (χ2v) is 8.97. The van der Waals surface area contributed by atoms with Crippen molar-refractivity contribution in [1.29, 1.82) is 0 Å². The molecule has 2 N–H and O–H groups in total. The highest BCUT2D eigenvalue weighted by molar-refractivity contribution is 7.99. The molecule has 0 bridgehead atoms. The van der Waals surface area contributed by atoms with Gasteiger partial charge in [-0.15, -0.1) is 21.5 Å². The summed E-state index contributed by atoms with van der Waals surface area (Å²) >= 11 is 2.87. The summed E-state index contributed by atoms with van der Waals surface area (Å²) in [5, 5.41) is 11.1. The number of hydrogen-bond donors (Lipinski definition) is 1. The minimum atomic E-state index is -0.391. The van der Waals surface area contributed by atoms with Crippen LogP contribution in [0.3, 0.4) is 0 Å². The van der Waals surface area contributed by atoms with Gasteiger partial charge in [0.25, 0.3) is 0 Å². The van der Waals surface area contributed by atoms with Gasteiger partial charge in [-0.1, -0.05) is 17.8 Å². The van der Waals surface area contributed by atoms with E-state index in [4.69, 9.17) is 10.5 Å². The van der Waals surface area contributed by atoms with Gasteiger partial charge < -0.3 is 19.9 Å². The summed E-state index contributed by atoms with van der Waals surface area (Å²) in [6.45, 7) is 1.06. The zero-order chi connectivity index (χ0) is 21.8. The van der Waals surface area contributed by atoms with Crippen molar-refractivity contribution in [3.63, 3.8) is 0 Å². The summed E-state index contributed by atoms with van der Waals surface area (Å²) in [7, 11) is 1.64. The maximum Gasteiger partial charge on any atom is 0.237 e. The van der Waals surface area contributed by atoms with Crippen molar-refractivity contribution in [2.24, 2.45) is 5.73 Å². The third-order valence-corrected chi connectivity index (χ3v) is 6.89. The maximum atomic E-state index is 13.0. The number of rotatable bonds is 8. The third-order valence-electron chi connectivity index (χ3n) is 5.07. The van der Waals surface area contributed by atoms with Crippen LogP contribution in [0.15, 0.2) is 40.9 Å². The molecular formula is C21H23N5O3S2. The van der Waals surface area contributed by atoms with Gasteiger partial charge in [-0.3, -0.25) is 9.59 Å². The van der Waals surface area contributed by atoms with E-state index in [2.05, 4.69) is 10.2 Å². The number of hydrogen-bond acceptors (Lipinski definition) is 7. The molecule has 8 nitrogen and oxygen atoms in total. The first-order chi connectivity index (χ1) is 15.1. The van der Waals surface area contributed by atoms with E-state index in [9.17, 15) is 9.59 Å². The number of ether oxygens (including phenoxy) is 1. The van der Waals surface area contributed by atoms with Crippen molar-refractivity contribution in [2.45, 2.75) is 31.0 Å². The van der Waals surface area contributed by atoms with Crippen LogP contribution in [-0.2, 0) is 22.6 Å². The zero-order valence-corrected chi connectivity index (χ0v) is 18.7. The number of aryl methyl sites for hydroxylation is 1. The normalized spacial score (nSPS) is 13.1. The van der Waals surface area contributed by atoms with Crippen molar-refractivity contribution in [3.8, 4) is 16.5 Å². The van der Waals surface area contributed by atoms with Gasteiger partial charge in [0.1, 0.15) is 5.75 Å². The fourth-order valence-electron chi connectivity index (χ4n) is 3.57. The number of thioether (sulfide) groups is 1. The van der Waals surface area contributed by atoms with E-state index in [1.54, 1.807) is 18.4 Å². The number of nitrogens with two attached hydrogens (primary N) is 1. The van der Waals surface area contributed by atoms with Crippen molar-refractivity contribution < 1.29 is 14.3 Å². The molecule has 10 heteroatoms. The molecule has 0 unspecified atom stereocenters. The summed E-state index contributed by atoms with van der Waals surface area (Å²) in [6.07, 6.45) is 2.02. The topological polar surface area (TPSA) is 103 Å². The Balaban J connectivity index is 1.51. The van der Waals surface area contributed by atoms with Crippen LogP contribution in [0.5, 0.6) is 5.75 Å². The van der Waals surface area contributed by atoms with Crippen LogP contribution in [0.25, 0.3) is 10.7 Å². The van der Waals surface area contributed by atoms with Gasteiger partial charge in [0.2, 0.25) is 11.8 Å². The number of carbonyl (C=O) groups is 2. The molecule has 0 radical (unpaired) electrons. The Kier molecular flexibility index (Phi) is 6.57. The first-order valence-corrected chi connectivity index (χ1v) is 11.8. The minimum Gasteiger partial charge on any atom is -0.497 e. The van der Waals surface area contributed by atoms with Crippen molar-refractivity contribution >= 4 is 40.6 Å². The SMILES string of the molecule is COc1ccc2c(c1)CCCN2C(=O)CSc1nnc(-c2cccs2)n1CCC(N)=O. The number of carbonyl (C=O) groups excluding carboxylic acids is 2. The number of nitrogens with zero attached hydrogens (tertiary/aromatic N) is 4. The molecule has 0 fully saturated rings. The second-order valence-electron chi connectivity index (χ2n) is 7.08. The van der Waals surface area contributed by atoms with E-state index < -0.39 is 5.91 Å². The number of anilines is 1. The molecule has 0 spiro atoms. The fraction of sp³-hybridized carbons (Fsp3) is 0.333. The number of methoxy groups -OCH3 is 1. The average molecular weight is 458 g/mol. The lowest BCUT2D eigenvalue weighted by molar-refractivity contribution is -0.118. The largest absolute Gasteiger partial charge is 0.497 e. The van der Waals surface area contributed by atoms with Gasteiger partial charge in [-0.05, 0) is 48.1 Å². The Morgan fingerprint density at radius 2 is 2.16 bits per heavy atom. The van der Waals surface area contributed by atoms with Crippen LogP contribution in [0.1, 0.15) is 18.4 Å². The summed E-state index contributed by atoms with van der Waals surface area (Å²) < 4.78 is 7.17. The van der Waals surface area contributed by atoms with E-state index in [1.807, 2.05) is 45.2 Å². The highest BCUT2D eigenvalue weighted by atomic mass is 32.2. The van der Waals surface area contributed by atoms with Crippen molar-refractivity contribution in [2.75, 3.05) is 24.3 Å². The fourth-order valence-corrected chi connectivity index (χ4v) is 5.13. The van der Waals surface area contributed by atoms with E-state index in [-0.39, 0.29) is 18.1 Å². The standard InChI is InChI=1S/C21H23N5O3S2/c1-29-15-6-7-16-14(12-15)4-2-9-25(16)19(28)13-31-21-24-23-20(17-5-3-11-30-17)26(21)10-8-18(22)27/h3,5-7,11-12H,2,4,8-10,13H2,1H3,(H2,22,27). The van der Waals surface area contributed by atoms with E-state index >= 15 is 0 Å². The number of benzene rings is 1. The molecule has 2 aromatic heterocycles. The summed E-state index contributed by atoms with van der Waals surface area (Å²) in [5.41, 5.74) is 7.40. The highest BCUT2D eigenvalue weighted by Crippen LogP contribution is 2.32. The molecule has 2 amide bonds. The van der Waals surface area contributed by atoms with Crippen LogP contribution in [-0.4, -0.2) is 46.0 Å². The summed E-state index contributed by atoms with van der Waals surface area (Å²) in [5.74, 6) is 1.33. The Morgan fingerprint density at radius 3 is 2.90 bits per heavy atom. The second kappa shape index (κ2) is 9.52. The predicted octanol–water partition coefficient (Wildman–Crippen LogP) is 2.96.